The van der Waals surface area contributed by atoms with Crippen LogP contribution in [0, 0.1) is 0 Å². The zero-order chi connectivity index (χ0) is 16.7. The Hall–Kier alpha value is -1.70. The number of fused-ring (bicyclic) bond motifs is 2. The number of hydrogen-bond acceptors (Lipinski definition) is 5. The number of aliphatic hydroxyl groups excluding tert-OH is 2. The van der Waals surface area contributed by atoms with Crippen LogP contribution < -0.4 is 0 Å². The molecule has 2 N–H and O–H groups in total. The third kappa shape index (κ3) is 2.66. The van der Waals surface area contributed by atoms with Crippen molar-refractivity contribution in [3.63, 3.8) is 0 Å². The van der Waals surface area contributed by atoms with Gasteiger partial charge in [-0.05, 0) is 48.3 Å². The van der Waals surface area contributed by atoms with Crippen LogP contribution in [0.1, 0.15) is 51.1 Å². The standard InChI is InChI=1S/C17H21N3O3S/c21-9-15(22)14-7-12-8-19(5-6-20(12)18-14)17(23)16-13-4-2-1-3-11(13)10-24-16/h7,10,15,21-22H,1-6,8-9H2/t15-/m1/s1. The normalized spacial score (nSPS) is 18.2. The topological polar surface area (TPSA) is 78.6 Å². The summed E-state index contributed by atoms with van der Waals surface area (Å²) in [6, 6.07) is 1.78. The van der Waals surface area contributed by atoms with E-state index in [0.717, 1.165) is 23.4 Å². The molecule has 0 saturated heterocycles. The highest BCUT2D eigenvalue weighted by atomic mass is 32.1. The highest BCUT2D eigenvalue weighted by Gasteiger charge is 2.28. The molecule has 1 aliphatic heterocycles. The van der Waals surface area contributed by atoms with Gasteiger partial charge in [-0.15, -0.1) is 11.3 Å². The van der Waals surface area contributed by atoms with E-state index in [4.69, 9.17) is 5.11 Å². The molecule has 1 atom stereocenters. The summed E-state index contributed by atoms with van der Waals surface area (Å²) in [4.78, 5) is 15.7. The van der Waals surface area contributed by atoms with E-state index in [0.29, 0.717) is 25.3 Å². The molecule has 0 fully saturated rings. The van der Waals surface area contributed by atoms with Gasteiger partial charge in [-0.1, -0.05) is 0 Å². The van der Waals surface area contributed by atoms with Crippen LogP contribution in [-0.4, -0.2) is 44.0 Å². The van der Waals surface area contributed by atoms with Crippen molar-refractivity contribution in [2.75, 3.05) is 13.2 Å². The average molecular weight is 347 g/mol. The van der Waals surface area contributed by atoms with Gasteiger partial charge in [0.1, 0.15) is 6.10 Å². The first kappa shape index (κ1) is 15.8. The molecule has 1 aliphatic carbocycles. The lowest BCUT2D eigenvalue weighted by atomic mass is 9.93. The zero-order valence-electron chi connectivity index (χ0n) is 13.4. The van der Waals surface area contributed by atoms with E-state index in [9.17, 15) is 9.90 Å². The average Bonchev–Trinajstić information content (AvgIpc) is 3.23. The molecule has 6 nitrogen and oxygen atoms in total. The fraction of sp³-hybridized carbons (Fsp3) is 0.529. The lowest BCUT2D eigenvalue weighted by Gasteiger charge is -2.28. The molecular weight excluding hydrogens is 326 g/mol. The van der Waals surface area contributed by atoms with Crippen molar-refractivity contribution in [1.82, 2.24) is 14.7 Å². The van der Waals surface area contributed by atoms with E-state index in [1.807, 2.05) is 9.58 Å². The van der Waals surface area contributed by atoms with Crippen LogP contribution in [-0.2, 0) is 25.9 Å². The van der Waals surface area contributed by atoms with E-state index >= 15 is 0 Å². The molecule has 4 rings (SSSR count). The first-order valence-corrected chi connectivity index (χ1v) is 9.29. The highest BCUT2D eigenvalue weighted by molar-refractivity contribution is 7.12. The summed E-state index contributed by atoms with van der Waals surface area (Å²) in [5.74, 6) is 0.111. The first-order valence-electron chi connectivity index (χ1n) is 8.41. The lowest BCUT2D eigenvalue weighted by molar-refractivity contribution is 0.0708. The van der Waals surface area contributed by atoms with Crippen molar-refractivity contribution in [2.45, 2.75) is 44.9 Å². The molecule has 128 valence electrons. The van der Waals surface area contributed by atoms with Crippen LogP contribution in [0.5, 0.6) is 0 Å². The van der Waals surface area contributed by atoms with Crippen LogP contribution >= 0.6 is 11.3 Å². The Morgan fingerprint density at radius 2 is 2.17 bits per heavy atom. The molecular formula is C17H21N3O3S. The Morgan fingerprint density at radius 3 is 3.00 bits per heavy atom. The molecule has 0 aromatic carbocycles. The molecule has 7 heteroatoms. The van der Waals surface area contributed by atoms with Crippen molar-refractivity contribution in [3.8, 4) is 0 Å². The number of carbonyl (C=O) groups excluding carboxylic acids is 1. The van der Waals surface area contributed by atoms with Crippen LogP contribution in [0.15, 0.2) is 11.4 Å². The highest BCUT2D eigenvalue weighted by Crippen LogP contribution is 2.31. The predicted molar refractivity (Wildman–Crippen MR) is 90.0 cm³/mol. The first-order chi connectivity index (χ1) is 11.7. The van der Waals surface area contributed by atoms with Crippen LogP contribution in [0.25, 0.3) is 0 Å². The lowest BCUT2D eigenvalue weighted by Crippen LogP contribution is -2.38. The monoisotopic (exact) mass is 347 g/mol. The second-order valence-corrected chi connectivity index (χ2v) is 7.36. The zero-order valence-corrected chi connectivity index (χ0v) is 14.3. The third-order valence-corrected chi connectivity index (χ3v) is 5.98. The number of aryl methyl sites for hydroxylation is 1. The number of aliphatic hydroxyl groups is 2. The van der Waals surface area contributed by atoms with Crippen molar-refractivity contribution in [1.29, 1.82) is 0 Å². The molecule has 3 heterocycles. The molecule has 2 aromatic heterocycles. The fourth-order valence-electron chi connectivity index (χ4n) is 3.56. The predicted octanol–water partition coefficient (Wildman–Crippen LogP) is 1.51. The van der Waals surface area contributed by atoms with Crippen molar-refractivity contribution in [3.05, 3.63) is 38.8 Å². The van der Waals surface area contributed by atoms with Crippen molar-refractivity contribution >= 4 is 17.2 Å². The Balaban J connectivity index is 1.55. The van der Waals surface area contributed by atoms with Gasteiger partial charge in [0.25, 0.3) is 5.91 Å². The molecule has 24 heavy (non-hydrogen) atoms. The molecule has 2 aromatic rings. The Kier molecular flexibility index (Phi) is 4.15. The van der Waals surface area contributed by atoms with Crippen LogP contribution in [0.4, 0.5) is 0 Å². The van der Waals surface area contributed by atoms with Gasteiger partial charge >= 0.3 is 0 Å². The third-order valence-electron chi connectivity index (χ3n) is 4.92. The van der Waals surface area contributed by atoms with Gasteiger partial charge in [0, 0.05) is 6.54 Å². The van der Waals surface area contributed by atoms with Gasteiger partial charge < -0.3 is 15.1 Å². The molecule has 0 unspecified atom stereocenters. The minimum atomic E-state index is -0.962. The molecule has 0 spiro atoms. The Labute approximate surface area is 144 Å². The van der Waals surface area contributed by atoms with E-state index < -0.39 is 6.10 Å². The number of hydrogen-bond donors (Lipinski definition) is 2. The molecule has 1 amide bonds. The molecule has 2 aliphatic rings. The minimum absolute atomic E-state index is 0.111. The van der Waals surface area contributed by atoms with Gasteiger partial charge in [0.05, 0.1) is 36.0 Å². The minimum Gasteiger partial charge on any atom is -0.393 e. The second-order valence-electron chi connectivity index (χ2n) is 6.48. The summed E-state index contributed by atoms with van der Waals surface area (Å²) in [6.45, 7) is 1.39. The van der Waals surface area contributed by atoms with Crippen LogP contribution in [0.2, 0.25) is 0 Å². The maximum Gasteiger partial charge on any atom is 0.264 e. The molecule has 0 bridgehead atoms. The quantitative estimate of drug-likeness (QED) is 0.882. The van der Waals surface area contributed by atoms with E-state index in [2.05, 4.69) is 10.5 Å². The summed E-state index contributed by atoms with van der Waals surface area (Å²) in [7, 11) is 0. The maximum atomic E-state index is 13.0. The number of aromatic nitrogens is 2. The van der Waals surface area contributed by atoms with Gasteiger partial charge in [-0.3, -0.25) is 9.48 Å². The van der Waals surface area contributed by atoms with Crippen LogP contribution in [0.3, 0.4) is 0 Å². The van der Waals surface area contributed by atoms with Gasteiger partial charge in [0.2, 0.25) is 0 Å². The van der Waals surface area contributed by atoms with E-state index in [-0.39, 0.29) is 12.5 Å². The number of nitrogens with zero attached hydrogens (tertiary/aromatic N) is 3. The summed E-state index contributed by atoms with van der Waals surface area (Å²) < 4.78 is 1.82. The summed E-state index contributed by atoms with van der Waals surface area (Å²) in [5.41, 5.74) is 3.98. The van der Waals surface area contributed by atoms with E-state index in [1.54, 1.807) is 17.4 Å². The number of carbonyl (C=O) groups is 1. The Bertz CT molecular complexity index is 767. The largest absolute Gasteiger partial charge is 0.393 e. The number of amides is 1. The SMILES string of the molecule is O=C(c1scc2c1CCCC2)N1CCn2nc([C@H](O)CO)cc2C1. The summed E-state index contributed by atoms with van der Waals surface area (Å²) in [5, 5.41) is 25.3. The van der Waals surface area contributed by atoms with Crippen molar-refractivity contribution < 1.29 is 15.0 Å². The number of rotatable bonds is 3. The molecule has 0 radical (unpaired) electrons. The summed E-state index contributed by atoms with van der Waals surface area (Å²) >= 11 is 1.58. The fourth-order valence-corrected chi connectivity index (χ4v) is 4.69. The second kappa shape index (κ2) is 6.31. The maximum absolute atomic E-state index is 13.0. The van der Waals surface area contributed by atoms with E-state index in [1.165, 1.54) is 24.0 Å². The van der Waals surface area contributed by atoms with Gasteiger partial charge in [-0.2, -0.15) is 5.10 Å². The van der Waals surface area contributed by atoms with Gasteiger partial charge in [-0.25, -0.2) is 0 Å². The van der Waals surface area contributed by atoms with Gasteiger partial charge in [0.15, 0.2) is 0 Å². The molecule has 0 saturated carbocycles. The Morgan fingerprint density at radius 1 is 1.33 bits per heavy atom. The summed E-state index contributed by atoms with van der Waals surface area (Å²) in [6.07, 6.45) is 3.53. The smallest absolute Gasteiger partial charge is 0.264 e. The van der Waals surface area contributed by atoms with Crippen molar-refractivity contribution in [2.24, 2.45) is 0 Å². The number of thiophene rings is 1.